The molecular weight excluding hydrogens is 270 g/mol. The minimum atomic E-state index is -0.582. The van der Waals surface area contributed by atoms with E-state index >= 15 is 0 Å². The van der Waals surface area contributed by atoms with E-state index in [1.54, 1.807) is 31.4 Å². The highest BCUT2D eigenvalue weighted by Gasteiger charge is 2.10. The molecule has 0 saturated carbocycles. The van der Waals surface area contributed by atoms with E-state index in [2.05, 4.69) is 11.9 Å². The lowest BCUT2D eigenvalue weighted by Gasteiger charge is -2.17. The van der Waals surface area contributed by atoms with Gasteiger partial charge >= 0.3 is 0 Å². The maximum atomic E-state index is 9.86. The summed E-state index contributed by atoms with van der Waals surface area (Å²) in [5.41, 5.74) is 0. The Bertz CT molecular complexity index is 434. The van der Waals surface area contributed by atoms with Crippen LogP contribution in [0.3, 0.4) is 0 Å². The molecule has 21 heavy (non-hydrogen) atoms. The molecule has 5 nitrogen and oxygen atoms in total. The van der Waals surface area contributed by atoms with Crippen LogP contribution in [0.25, 0.3) is 0 Å². The van der Waals surface area contributed by atoms with Crippen molar-refractivity contribution >= 4 is 0 Å². The molecule has 1 aromatic carbocycles. The fourth-order valence-electron chi connectivity index (χ4n) is 1.61. The molecule has 2 N–H and O–H groups in total. The normalized spacial score (nSPS) is 12.0. The average molecular weight is 295 g/mol. The zero-order valence-corrected chi connectivity index (χ0v) is 13.0. The van der Waals surface area contributed by atoms with Gasteiger partial charge in [-0.05, 0) is 12.1 Å². The Morgan fingerprint density at radius 2 is 2.05 bits per heavy atom. The second-order valence-corrected chi connectivity index (χ2v) is 4.94. The van der Waals surface area contributed by atoms with Gasteiger partial charge in [0.05, 0.1) is 7.11 Å². The van der Waals surface area contributed by atoms with Gasteiger partial charge in [-0.25, -0.2) is 0 Å². The standard InChI is InChI=1S/C16H25NO4/c1-5-8-20-16-9-14(19-4)6-7-15(16)21-11-13(18)10-17-12(2)3/h5-7,9,12-13,17-18H,1,8,10-11H2,2-4H3/t13-/m1/s1. The molecule has 0 amide bonds. The molecule has 5 heteroatoms. The molecule has 0 aliphatic heterocycles. The van der Waals surface area contributed by atoms with E-state index < -0.39 is 6.10 Å². The van der Waals surface area contributed by atoms with Crippen LogP contribution in [0.4, 0.5) is 0 Å². The van der Waals surface area contributed by atoms with Gasteiger partial charge in [0.1, 0.15) is 25.1 Å². The first kappa shape index (κ1) is 17.3. The minimum absolute atomic E-state index is 0.191. The monoisotopic (exact) mass is 295 g/mol. The lowest BCUT2D eigenvalue weighted by molar-refractivity contribution is 0.102. The number of aliphatic hydroxyl groups is 1. The summed E-state index contributed by atoms with van der Waals surface area (Å²) < 4.78 is 16.3. The van der Waals surface area contributed by atoms with Crippen molar-refractivity contribution in [2.75, 3.05) is 26.9 Å². The van der Waals surface area contributed by atoms with Gasteiger partial charge in [-0.3, -0.25) is 0 Å². The van der Waals surface area contributed by atoms with Crippen LogP contribution in [-0.2, 0) is 0 Å². The van der Waals surface area contributed by atoms with Crippen LogP contribution in [0.5, 0.6) is 17.2 Å². The Morgan fingerprint density at radius 1 is 1.29 bits per heavy atom. The number of rotatable bonds is 10. The van der Waals surface area contributed by atoms with Crippen LogP contribution in [0.15, 0.2) is 30.9 Å². The molecule has 0 heterocycles. The molecule has 1 atom stereocenters. The van der Waals surface area contributed by atoms with E-state index in [0.29, 0.717) is 36.4 Å². The van der Waals surface area contributed by atoms with Crippen molar-refractivity contribution in [1.29, 1.82) is 0 Å². The predicted molar refractivity (Wildman–Crippen MR) is 83.3 cm³/mol. The Hall–Kier alpha value is -1.72. The van der Waals surface area contributed by atoms with Gasteiger partial charge in [-0.2, -0.15) is 0 Å². The summed E-state index contributed by atoms with van der Waals surface area (Å²) in [5.74, 6) is 1.82. The quantitative estimate of drug-likeness (QED) is 0.647. The number of aliphatic hydroxyl groups excluding tert-OH is 1. The first-order chi connectivity index (χ1) is 10.1. The maximum absolute atomic E-state index is 9.86. The number of nitrogens with one attached hydrogen (secondary N) is 1. The molecule has 0 fully saturated rings. The average Bonchev–Trinajstić information content (AvgIpc) is 2.49. The van der Waals surface area contributed by atoms with Gasteiger partial charge in [0.25, 0.3) is 0 Å². The molecule has 0 aromatic heterocycles. The Balaban J connectivity index is 2.61. The van der Waals surface area contributed by atoms with Gasteiger partial charge in [-0.1, -0.05) is 26.5 Å². The van der Waals surface area contributed by atoms with Crippen molar-refractivity contribution < 1.29 is 19.3 Å². The van der Waals surface area contributed by atoms with Crippen molar-refractivity contribution in [2.24, 2.45) is 0 Å². The zero-order valence-electron chi connectivity index (χ0n) is 13.0. The van der Waals surface area contributed by atoms with Gasteiger partial charge in [-0.15, -0.1) is 0 Å². The smallest absolute Gasteiger partial charge is 0.165 e. The van der Waals surface area contributed by atoms with Crippen LogP contribution >= 0.6 is 0 Å². The fourth-order valence-corrected chi connectivity index (χ4v) is 1.61. The zero-order chi connectivity index (χ0) is 15.7. The number of methoxy groups -OCH3 is 1. The van der Waals surface area contributed by atoms with E-state index in [0.717, 1.165) is 0 Å². The third-order valence-electron chi connectivity index (χ3n) is 2.70. The highest BCUT2D eigenvalue weighted by atomic mass is 16.5. The van der Waals surface area contributed by atoms with Gasteiger partial charge in [0, 0.05) is 18.7 Å². The van der Waals surface area contributed by atoms with Crippen molar-refractivity contribution in [3.05, 3.63) is 30.9 Å². The van der Waals surface area contributed by atoms with Crippen LogP contribution in [0, 0.1) is 0 Å². The third-order valence-corrected chi connectivity index (χ3v) is 2.70. The van der Waals surface area contributed by atoms with E-state index in [-0.39, 0.29) is 6.61 Å². The molecular formula is C16H25NO4. The van der Waals surface area contributed by atoms with Crippen molar-refractivity contribution in [2.45, 2.75) is 26.0 Å². The summed E-state index contributed by atoms with van der Waals surface area (Å²) >= 11 is 0. The number of benzene rings is 1. The summed E-state index contributed by atoms with van der Waals surface area (Å²) in [4.78, 5) is 0. The molecule has 118 valence electrons. The summed E-state index contributed by atoms with van der Waals surface area (Å²) in [6.07, 6.45) is 1.08. The Kier molecular flexibility index (Phi) is 7.64. The second-order valence-electron chi connectivity index (χ2n) is 4.94. The lowest BCUT2D eigenvalue weighted by Crippen LogP contribution is -2.35. The number of hydrogen-bond donors (Lipinski definition) is 2. The van der Waals surface area contributed by atoms with E-state index in [9.17, 15) is 5.11 Å². The van der Waals surface area contributed by atoms with Crippen molar-refractivity contribution in [3.63, 3.8) is 0 Å². The molecule has 0 spiro atoms. The van der Waals surface area contributed by atoms with Crippen LogP contribution in [0.1, 0.15) is 13.8 Å². The highest BCUT2D eigenvalue weighted by Crippen LogP contribution is 2.31. The van der Waals surface area contributed by atoms with E-state index in [1.807, 2.05) is 13.8 Å². The number of hydrogen-bond acceptors (Lipinski definition) is 5. The third kappa shape index (κ3) is 6.51. The van der Waals surface area contributed by atoms with E-state index in [1.165, 1.54) is 0 Å². The van der Waals surface area contributed by atoms with Gasteiger partial charge in [0.2, 0.25) is 0 Å². The highest BCUT2D eigenvalue weighted by molar-refractivity contribution is 5.45. The fraction of sp³-hybridized carbons (Fsp3) is 0.500. The molecule has 0 saturated heterocycles. The lowest BCUT2D eigenvalue weighted by atomic mass is 10.3. The minimum Gasteiger partial charge on any atom is -0.497 e. The second kappa shape index (κ2) is 9.26. The molecule has 0 bridgehead atoms. The number of ether oxygens (including phenoxy) is 3. The van der Waals surface area contributed by atoms with Crippen LogP contribution in [0.2, 0.25) is 0 Å². The molecule has 1 rings (SSSR count). The predicted octanol–water partition coefficient (Wildman–Crippen LogP) is 2.00. The molecule has 0 unspecified atom stereocenters. The van der Waals surface area contributed by atoms with Gasteiger partial charge < -0.3 is 24.6 Å². The maximum Gasteiger partial charge on any atom is 0.165 e. The molecule has 0 radical (unpaired) electrons. The topological polar surface area (TPSA) is 60.0 Å². The van der Waals surface area contributed by atoms with E-state index in [4.69, 9.17) is 14.2 Å². The molecule has 1 aromatic rings. The van der Waals surface area contributed by atoms with Crippen molar-refractivity contribution in [1.82, 2.24) is 5.32 Å². The largest absolute Gasteiger partial charge is 0.497 e. The first-order valence-corrected chi connectivity index (χ1v) is 7.02. The molecule has 0 aliphatic carbocycles. The van der Waals surface area contributed by atoms with Crippen LogP contribution < -0.4 is 19.5 Å². The molecule has 0 aliphatic rings. The Morgan fingerprint density at radius 3 is 2.67 bits per heavy atom. The van der Waals surface area contributed by atoms with Gasteiger partial charge in [0.15, 0.2) is 11.5 Å². The summed E-state index contributed by atoms with van der Waals surface area (Å²) in [7, 11) is 1.59. The Labute approximate surface area is 126 Å². The first-order valence-electron chi connectivity index (χ1n) is 7.02. The SMILES string of the molecule is C=CCOc1cc(OC)ccc1OC[C@H](O)CNC(C)C. The summed E-state index contributed by atoms with van der Waals surface area (Å²) in [6, 6.07) is 5.62. The van der Waals surface area contributed by atoms with Crippen molar-refractivity contribution in [3.8, 4) is 17.2 Å². The van der Waals surface area contributed by atoms with Crippen LogP contribution in [-0.4, -0.2) is 44.1 Å². The summed E-state index contributed by atoms with van der Waals surface area (Å²) in [6.45, 7) is 8.72. The summed E-state index contributed by atoms with van der Waals surface area (Å²) in [5, 5.41) is 13.0.